The van der Waals surface area contributed by atoms with Crippen LogP contribution in [-0.4, -0.2) is 151 Å². The first kappa shape index (κ1) is 53.5. The second-order valence-corrected chi connectivity index (χ2v) is 21.7. The topological polar surface area (TPSA) is 156 Å². The summed E-state index contributed by atoms with van der Waals surface area (Å²) in [4.78, 5) is 34.8. The number of fused-ring (bicyclic) bond motifs is 4. The molecule has 4 amide bonds. The van der Waals surface area contributed by atoms with Crippen LogP contribution in [0.25, 0.3) is 0 Å². The van der Waals surface area contributed by atoms with Crippen molar-refractivity contribution in [2.75, 3.05) is 104 Å². The van der Waals surface area contributed by atoms with Crippen molar-refractivity contribution in [3.05, 3.63) is 71.3 Å². The van der Waals surface area contributed by atoms with Gasteiger partial charge in [-0.25, -0.2) is 9.59 Å². The summed E-state index contributed by atoms with van der Waals surface area (Å²) in [6.45, 7) is 16.9. The lowest BCUT2D eigenvalue weighted by Gasteiger charge is -2.45. The third-order valence-corrected chi connectivity index (χ3v) is 17.8. The molecule has 0 spiro atoms. The van der Waals surface area contributed by atoms with E-state index < -0.39 is 24.2 Å². The van der Waals surface area contributed by atoms with Crippen LogP contribution in [0.2, 0.25) is 12.1 Å². The Morgan fingerprint density at radius 2 is 1.13 bits per heavy atom. The Bertz CT molecular complexity index is 2020. The molecule has 3 aromatic carbocycles. The smallest absolute Gasteiger partial charge is 0.496 e. The SMILES string of the molecule is CCO[SiH](CCCNC(=O)N(C)CCCN1c2cccc(OC)c2C2c3c(OC)cccc3N(CCCN(C)C(=O)NCCC[Si](OCC)(OCC)OCC)c3cccc1c32)OC(C)C(C)O. The van der Waals surface area contributed by atoms with Gasteiger partial charge < -0.3 is 66.9 Å². The van der Waals surface area contributed by atoms with Gasteiger partial charge in [0.15, 0.2) is 0 Å². The predicted molar refractivity (Wildman–Crippen MR) is 269 cm³/mol. The second kappa shape index (κ2) is 26.4. The molecule has 2 heterocycles. The number of rotatable bonds is 29. The molecule has 0 fully saturated rings. The van der Waals surface area contributed by atoms with Crippen molar-refractivity contribution in [3.63, 3.8) is 0 Å². The number of carbonyl (C=O) groups excluding carboxylic acids is 2. The molecule has 5 rings (SSSR count). The van der Waals surface area contributed by atoms with Crippen LogP contribution in [0.5, 0.6) is 11.5 Å². The van der Waals surface area contributed by atoms with E-state index in [1.165, 1.54) is 5.56 Å². The number of nitrogens with zero attached hydrogens (tertiary/aromatic N) is 4. The van der Waals surface area contributed by atoms with Crippen LogP contribution in [0.15, 0.2) is 54.6 Å². The molecule has 0 saturated carbocycles. The van der Waals surface area contributed by atoms with Crippen LogP contribution in [0.3, 0.4) is 0 Å². The second-order valence-electron chi connectivity index (χ2n) is 16.9. The van der Waals surface area contributed by atoms with Gasteiger partial charge in [-0.1, -0.05) is 18.2 Å². The van der Waals surface area contributed by atoms with E-state index in [2.05, 4.69) is 50.8 Å². The Balaban J connectivity index is 1.29. The highest BCUT2D eigenvalue weighted by molar-refractivity contribution is 6.60. The monoisotopic (exact) mass is 967 g/mol. The highest BCUT2D eigenvalue weighted by Gasteiger charge is 2.43. The van der Waals surface area contributed by atoms with Gasteiger partial charge in [-0.05, 0) is 110 Å². The Morgan fingerprint density at radius 3 is 1.57 bits per heavy atom. The lowest BCUT2D eigenvalue weighted by atomic mass is 9.75. The van der Waals surface area contributed by atoms with Crippen LogP contribution < -0.4 is 29.9 Å². The van der Waals surface area contributed by atoms with Crippen molar-refractivity contribution in [3.8, 4) is 11.5 Å². The summed E-state index contributed by atoms with van der Waals surface area (Å²) < 4.78 is 42.1. The number of benzene rings is 3. The van der Waals surface area contributed by atoms with Crippen LogP contribution in [0, 0.1) is 0 Å². The standard InChI is InChI=1S/C49H78N6O10Si2/c1-11-61-66(65-37(6)36(5)56)34-18-28-50-48(57)52(7)30-20-32-54-38-22-15-23-39-44(38)47(45-40(54)24-16-26-42(45)59-9)46-41(25-17-27-43(46)60-10)55(39)33-21-31-53(8)49(58)51-29-19-35-67(62-12-2,63-13-3)64-14-4/h15-17,22-27,36-37,47,56,66H,11-14,18-21,28-35H2,1-10H3,(H,50,57)(H,51,58). The largest absolute Gasteiger partial charge is 0.500 e. The summed E-state index contributed by atoms with van der Waals surface area (Å²) in [5.41, 5.74) is 7.62. The van der Waals surface area contributed by atoms with Crippen molar-refractivity contribution >= 4 is 52.9 Å². The van der Waals surface area contributed by atoms with Crippen LogP contribution in [0.1, 0.15) is 89.8 Å². The van der Waals surface area contributed by atoms with Gasteiger partial charge in [-0.2, -0.15) is 0 Å². The minimum absolute atomic E-state index is 0.126. The zero-order valence-corrected chi connectivity index (χ0v) is 43.9. The molecule has 67 heavy (non-hydrogen) atoms. The maximum absolute atomic E-state index is 13.3. The van der Waals surface area contributed by atoms with Gasteiger partial charge in [0.05, 0.1) is 26.4 Å². The molecule has 2 aliphatic heterocycles. The first-order chi connectivity index (χ1) is 32.4. The molecule has 4 atom stereocenters. The molecule has 0 aliphatic carbocycles. The number of aliphatic hydroxyl groups excluding tert-OH is 1. The third kappa shape index (κ3) is 13.4. The van der Waals surface area contributed by atoms with Gasteiger partial charge in [0, 0.05) is 131 Å². The number of carbonyl (C=O) groups is 2. The first-order valence-corrected chi connectivity index (χ1v) is 27.9. The summed E-state index contributed by atoms with van der Waals surface area (Å²) in [5.74, 6) is 1.42. The van der Waals surface area contributed by atoms with E-state index in [0.29, 0.717) is 91.0 Å². The number of urea groups is 2. The molecule has 3 N–H and O–H groups in total. The van der Waals surface area contributed by atoms with Gasteiger partial charge in [-0.15, -0.1) is 0 Å². The number of nitrogens with one attached hydrogen (secondary N) is 2. The van der Waals surface area contributed by atoms with Gasteiger partial charge >= 0.3 is 30.2 Å². The molecule has 4 unspecified atom stereocenters. The van der Waals surface area contributed by atoms with E-state index in [-0.39, 0.29) is 24.1 Å². The molecule has 16 nitrogen and oxygen atoms in total. The van der Waals surface area contributed by atoms with E-state index in [9.17, 15) is 14.7 Å². The highest BCUT2D eigenvalue weighted by atomic mass is 28.4. The van der Waals surface area contributed by atoms with E-state index in [0.717, 1.165) is 57.8 Å². The zero-order chi connectivity index (χ0) is 48.5. The number of hydrogen-bond acceptors (Lipinski definition) is 12. The quantitative estimate of drug-likeness (QED) is 0.0461. The number of ether oxygens (including phenoxy) is 2. The molecular weight excluding hydrogens is 889 g/mol. The summed E-state index contributed by atoms with van der Waals surface area (Å²) in [5, 5.41) is 16.0. The van der Waals surface area contributed by atoms with Gasteiger partial charge in [0.25, 0.3) is 0 Å². The first-order valence-electron chi connectivity index (χ1n) is 24.2. The molecule has 0 aromatic heterocycles. The zero-order valence-electron chi connectivity index (χ0n) is 41.7. The Kier molecular flexibility index (Phi) is 21.1. The fraction of sp³-hybridized carbons (Fsp3) is 0.592. The molecule has 0 saturated heterocycles. The van der Waals surface area contributed by atoms with Gasteiger partial charge in [-0.3, -0.25) is 0 Å². The van der Waals surface area contributed by atoms with Crippen molar-refractivity contribution in [1.82, 2.24) is 20.4 Å². The Labute approximate surface area is 402 Å². The highest BCUT2D eigenvalue weighted by Crippen LogP contribution is 2.60. The summed E-state index contributed by atoms with van der Waals surface area (Å²) in [7, 11) is 2.36. The number of anilines is 4. The molecular formula is C49H78N6O10Si2. The minimum atomic E-state index is -2.78. The van der Waals surface area contributed by atoms with E-state index >= 15 is 0 Å². The fourth-order valence-corrected chi connectivity index (χ4v) is 13.7. The van der Waals surface area contributed by atoms with Crippen LogP contribution in [-0.2, 0) is 22.1 Å². The van der Waals surface area contributed by atoms with Crippen molar-refractivity contribution in [2.45, 2.75) is 97.4 Å². The Hall–Kier alpha value is -4.41. The average Bonchev–Trinajstić information content (AvgIpc) is 3.32. The van der Waals surface area contributed by atoms with Gasteiger partial charge in [0.1, 0.15) is 11.5 Å². The van der Waals surface area contributed by atoms with Crippen molar-refractivity contribution in [2.24, 2.45) is 0 Å². The van der Waals surface area contributed by atoms with Crippen LogP contribution >= 0.6 is 0 Å². The van der Waals surface area contributed by atoms with Crippen LogP contribution in [0.4, 0.5) is 32.3 Å². The summed E-state index contributed by atoms with van der Waals surface area (Å²) in [6.07, 6.45) is 1.99. The fourth-order valence-electron chi connectivity index (χ4n) is 9.05. The normalized spacial score (nSPS) is 15.2. The van der Waals surface area contributed by atoms with E-state index in [1.54, 1.807) is 30.9 Å². The number of amides is 4. The number of hydrogen-bond donors (Lipinski definition) is 3. The van der Waals surface area contributed by atoms with Crippen molar-refractivity contribution < 1.29 is 46.3 Å². The lowest BCUT2D eigenvalue weighted by Crippen LogP contribution is -2.46. The number of methoxy groups -OCH3 is 2. The molecule has 0 radical (unpaired) electrons. The van der Waals surface area contributed by atoms with E-state index in [1.807, 2.05) is 73.0 Å². The minimum Gasteiger partial charge on any atom is -0.496 e. The van der Waals surface area contributed by atoms with Gasteiger partial charge in [0.2, 0.25) is 0 Å². The maximum Gasteiger partial charge on any atom is 0.500 e. The summed E-state index contributed by atoms with van der Waals surface area (Å²) in [6, 6.07) is 20.1. The molecule has 372 valence electrons. The van der Waals surface area contributed by atoms with E-state index in [4.69, 9.17) is 31.6 Å². The third-order valence-electron chi connectivity index (χ3n) is 12.4. The molecule has 2 aliphatic rings. The molecule has 3 aromatic rings. The summed E-state index contributed by atoms with van der Waals surface area (Å²) >= 11 is 0. The van der Waals surface area contributed by atoms with Crippen molar-refractivity contribution in [1.29, 1.82) is 0 Å². The maximum atomic E-state index is 13.3. The average molecular weight is 967 g/mol. The Morgan fingerprint density at radius 1 is 0.687 bits per heavy atom. The lowest BCUT2D eigenvalue weighted by molar-refractivity contribution is 0.0395. The molecule has 18 heteroatoms. The predicted octanol–water partition coefficient (Wildman–Crippen LogP) is 7.72. The molecule has 0 bridgehead atoms. The number of aliphatic hydroxyl groups is 1.